The van der Waals surface area contributed by atoms with Crippen molar-refractivity contribution in [1.82, 2.24) is 14.5 Å². The van der Waals surface area contributed by atoms with Crippen LogP contribution >= 0.6 is 11.3 Å². The maximum atomic E-state index is 13.1. The predicted octanol–water partition coefficient (Wildman–Crippen LogP) is 4.74. The number of pyridine rings is 1. The first-order chi connectivity index (χ1) is 13.3. The third-order valence-corrected chi connectivity index (χ3v) is 6.36. The fraction of sp³-hybridized carbons (Fsp3) is 0.286. The molecule has 1 aliphatic carbocycles. The summed E-state index contributed by atoms with van der Waals surface area (Å²) >= 11 is 1.43. The van der Waals surface area contributed by atoms with E-state index in [0.717, 1.165) is 27.1 Å². The summed E-state index contributed by atoms with van der Waals surface area (Å²) in [6.45, 7) is 0. The van der Waals surface area contributed by atoms with Crippen molar-refractivity contribution in [2.75, 3.05) is 5.32 Å². The Kier molecular flexibility index (Phi) is 4.13. The fourth-order valence-electron chi connectivity index (χ4n) is 3.91. The summed E-state index contributed by atoms with van der Waals surface area (Å²) in [5.41, 5.74) is 2.57. The van der Waals surface area contributed by atoms with Crippen LogP contribution in [0, 0.1) is 0 Å². The minimum atomic E-state index is -0.0437. The first-order valence-corrected chi connectivity index (χ1v) is 10.2. The Balaban J connectivity index is 1.66. The average molecular weight is 376 g/mol. The van der Waals surface area contributed by atoms with E-state index in [1.807, 2.05) is 42.6 Å². The van der Waals surface area contributed by atoms with Gasteiger partial charge < -0.3 is 5.32 Å². The summed E-state index contributed by atoms with van der Waals surface area (Å²) < 4.78 is 2.26. The minimum absolute atomic E-state index is 0.0437. The summed E-state index contributed by atoms with van der Waals surface area (Å²) in [6.07, 6.45) is 9.71. The quantitative estimate of drug-likeness (QED) is 0.561. The third kappa shape index (κ3) is 2.90. The van der Waals surface area contributed by atoms with Crippen molar-refractivity contribution in [3.63, 3.8) is 0 Å². The van der Waals surface area contributed by atoms with Crippen molar-refractivity contribution in [3.8, 4) is 5.69 Å². The standard InChI is InChI=1S/C21H20N4OS/c26-21-19-18(23-13-25(21)15-9-5-2-6-10-15)17-16(11-12-22-20(17)27-19)24-14-7-3-1-4-8-14/h2,5-6,9-14H,1,3-4,7-8H2,(H,22,24). The molecular weight excluding hydrogens is 356 g/mol. The molecule has 0 amide bonds. The van der Waals surface area contributed by atoms with E-state index in [2.05, 4.69) is 15.3 Å². The number of hydrogen-bond donors (Lipinski definition) is 1. The zero-order valence-corrected chi connectivity index (χ0v) is 15.7. The molecule has 0 radical (unpaired) electrons. The van der Waals surface area contributed by atoms with Crippen molar-refractivity contribution in [2.24, 2.45) is 0 Å². The van der Waals surface area contributed by atoms with E-state index in [1.165, 1.54) is 43.4 Å². The molecule has 6 heteroatoms. The molecule has 0 bridgehead atoms. The lowest BCUT2D eigenvalue weighted by Gasteiger charge is -2.24. The van der Waals surface area contributed by atoms with Crippen LogP contribution in [0.1, 0.15) is 32.1 Å². The summed E-state index contributed by atoms with van der Waals surface area (Å²) in [6, 6.07) is 12.1. The van der Waals surface area contributed by atoms with Crippen LogP contribution in [0.2, 0.25) is 0 Å². The van der Waals surface area contributed by atoms with Gasteiger partial charge in [0.05, 0.1) is 16.6 Å². The van der Waals surface area contributed by atoms with Crippen molar-refractivity contribution >= 4 is 37.5 Å². The van der Waals surface area contributed by atoms with Crippen LogP contribution in [-0.4, -0.2) is 20.6 Å². The molecule has 136 valence electrons. The monoisotopic (exact) mass is 376 g/mol. The predicted molar refractivity (Wildman–Crippen MR) is 111 cm³/mol. The van der Waals surface area contributed by atoms with Gasteiger partial charge in [-0.3, -0.25) is 9.36 Å². The third-order valence-electron chi connectivity index (χ3n) is 5.28. The highest BCUT2D eigenvalue weighted by Crippen LogP contribution is 2.35. The van der Waals surface area contributed by atoms with E-state index in [1.54, 1.807) is 10.9 Å². The van der Waals surface area contributed by atoms with Crippen LogP contribution in [-0.2, 0) is 0 Å². The zero-order chi connectivity index (χ0) is 18.2. The molecule has 1 aliphatic rings. The normalized spacial score (nSPS) is 15.4. The number of anilines is 1. The zero-order valence-electron chi connectivity index (χ0n) is 14.9. The van der Waals surface area contributed by atoms with E-state index >= 15 is 0 Å². The Labute approximate surface area is 160 Å². The largest absolute Gasteiger partial charge is 0.382 e. The maximum absolute atomic E-state index is 13.1. The molecule has 1 saturated carbocycles. The van der Waals surface area contributed by atoms with Gasteiger partial charge in [-0.05, 0) is 31.0 Å². The summed E-state index contributed by atoms with van der Waals surface area (Å²) in [5, 5.41) is 4.66. The van der Waals surface area contributed by atoms with Gasteiger partial charge in [0.25, 0.3) is 5.56 Å². The van der Waals surface area contributed by atoms with Crippen LogP contribution in [0.3, 0.4) is 0 Å². The molecule has 0 saturated heterocycles. The molecule has 27 heavy (non-hydrogen) atoms. The Bertz CT molecular complexity index is 1160. The van der Waals surface area contributed by atoms with Crippen LogP contribution in [0.5, 0.6) is 0 Å². The molecule has 3 aromatic heterocycles. The van der Waals surface area contributed by atoms with Crippen LogP contribution < -0.4 is 10.9 Å². The second-order valence-electron chi connectivity index (χ2n) is 7.05. The SMILES string of the molecule is O=c1c2sc3nccc(NC4CCCCC4)c3c2ncn1-c1ccccc1. The number of aromatic nitrogens is 3. The number of hydrogen-bond acceptors (Lipinski definition) is 5. The van der Waals surface area contributed by atoms with Gasteiger partial charge in [-0.1, -0.05) is 37.5 Å². The van der Waals surface area contributed by atoms with Gasteiger partial charge in [0.2, 0.25) is 0 Å². The first kappa shape index (κ1) is 16.4. The number of nitrogens with zero attached hydrogens (tertiary/aromatic N) is 3. The van der Waals surface area contributed by atoms with Gasteiger partial charge in [0.1, 0.15) is 15.9 Å². The highest BCUT2D eigenvalue weighted by molar-refractivity contribution is 7.25. The second kappa shape index (κ2) is 6.78. The number of para-hydroxylation sites is 1. The summed E-state index contributed by atoms with van der Waals surface area (Å²) in [4.78, 5) is 23.1. The lowest BCUT2D eigenvalue weighted by molar-refractivity contribution is 0.463. The summed E-state index contributed by atoms with van der Waals surface area (Å²) in [5.74, 6) is 0. The van der Waals surface area contributed by atoms with E-state index < -0.39 is 0 Å². The fourth-order valence-corrected chi connectivity index (χ4v) is 4.97. The van der Waals surface area contributed by atoms with Gasteiger partial charge in [0.15, 0.2) is 0 Å². The van der Waals surface area contributed by atoms with Crippen molar-refractivity contribution in [1.29, 1.82) is 0 Å². The first-order valence-electron chi connectivity index (χ1n) is 9.42. The number of rotatable bonds is 3. The van der Waals surface area contributed by atoms with Gasteiger partial charge in [-0.2, -0.15) is 0 Å². The van der Waals surface area contributed by atoms with E-state index in [0.29, 0.717) is 10.7 Å². The van der Waals surface area contributed by atoms with Crippen LogP contribution in [0.4, 0.5) is 5.69 Å². The Morgan fingerprint density at radius 3 is 2.67 bits per heavy atom. The molecule has 3 heterocycles. The van der Waals surface area contributed by atoms with E-state index in [-0.39, 0.29) is 5.56 Å². The lowest BCUT2D eigenvalue weighted by atomic mass is 9.95. The maximum Gasteiger partial charge on any atom is 0.275 e. The number of nitrogens with one attached hydrogen (secondary N) is 1. The van der Waals surface area contributed by atoms with E-state index in [9.17, 15) is 4.79 Å². The van der Waals surface area contributed by atoms with Gasteiger partial charge in [-0.15, -0.1) is 11.3 Å². The lowest BCUT2D eigenvalue weighted by Crippen LogP contribution is -2.22. The topological polar surface area (TPSA) is 59.8 Å². The molecule has 1 N–H and O–H groups in total. The average Bonchev–Trinajstić information content (AvgIpc) is 3.10. The van der Waals surface area contributed by atoms with Gasteiger partial charge in [0, 0.05) is 17.9 Å². The molecular formula is C21H20N4OS. The Morgan fingerprint density at radius 2 is 1.85 bits per heavy atom. The Morgan fingerprint density at radius 1 is 1.04 bits per heavy atom. The second-order valence-corrected chi connectivity index (χ2v) is 8.05. The molecule has 1 aromatic carbocycles. The molecule has 0 unspecified atom stereocenters. The van der Waals surface area contributed by atoms with Crippen molar-refractivity contribution in [2.45, 2.75) is 38.1 Å². The van der Waals surface area contributed by atoms with Crippen LogP contribution in [0.15, 0.2) is 53.7 Å². The van der Waals surface area contributed by atoms with Gasteiger partial charge in [-0.25, -0.2) is 9.97 Å². The van der Waals surface area contributed by atoms with E-state index in [4.69, 9.17) is 0 Å². The highest BCUT2D eigenvalue weighted by atomic mass is 32.1. The number of benzene rings is 1. The van der Waals surface area contributed by atoms with Crippen molar-refractivity contribution < 1.29 is 0 Å². The molecule has 1 fully saturated rings. The number of fused-ring (bicyclic) bond motifs is 3. The summed E-state index contributed by atoms with van der Waals surface area (Å²) in [7, 11) is 0. The molecule has 0 atom stereocenters. The molecule has 4 aromatic rings. The smallest absolute Gasteiger partial charge is 0.275 e. The molecule has 5 nitrogen and oxygen atoms in total. The molecule has 5 rings (SSSR count). The molecule has 0 aliphatic heterocycles. The minimum Gasteiger partial charge on any atom is -0.382 e. The molecule has 0 spiro atoms. The Hall–Kier alpha value is -2.73. The van der Waals surface area contributed by atoms with Gasteiger partial charge >= 0.3 is 0 Å². The van der Waals surface area contributed by atoms with Crippen molar-refractivity contribution in [3.05, 3.63) is 59.3 Å². The van der Waals surface area contributed by atoms with Crippen LogP contribution in [0.25, 0.3) is 26.1 Å². The number of thiophene rings is 1. The highest BCUT2D eigenvalue weighted by Gasteiger charge is 2.19.